The Morgan fingerprint density at radius 2 is 1.61 bits per heavy atom. The van der Waals surface area contributed by atoms with Crippen LogP contribution in [0.15, 0.2) is 42.7 Å². The van der Waals surface area contributed by atoms with Crippen molar-refractivity contribution in [3.63, 3.8) is 0 Å². The van der Waals surface area contributed by atoms with Crippen molar-refractivity contribution in [2.75, 3.05) is 0 Å². The minimum absolute atomic E-state index is 0.281. The molecule has 0 aliphatic carbocycles. The van der Waals surface area contributed by atoms with Gasteiger partial charge in [-0.25, -0.2) is 0 Å². The number of aromatic nitrogens is 2. The maximum Gasteiger partial charge on any atom is 0.118 e. The molecule has 1 aromatic heterocycles. The average Bonchev–Trinajstić information content (AvgIpc) is 2.86. The lowest BCUT2D eigenvalue weighted by Gasteiger charge is -2.31. The molecule has 2 aromatic rings. The fourth-order valence-corrected chi connectivity index (χ4v) is 1.77. The Bertz CT molecular complexity index is 571. The van der Waals surface area contributed by atoms with Crippen LogP contribution in [0.25, 0.3) is 0 Å². The first-order chi connectivity index (χ1) is 10.6. The normalized spacial score (nSPS) is 13.2. The van der Waals surface area contributed by atoms with Gasteiger partial charge in [0.1, 0.15) is 7.85 Å². The van der Waals surface area contributed by atoms with Gasteiger partial charge in [0.25, 0.3) is 0 Å². The molecule has 23 heavy (non-hydrogen) atoms. The number of benzene rings is 1. The molecule has 1 aromatic carbocycles. The summed E-state index contributed by atoms with van der Waals surface area (Å²) in [6.07, 6.45) is 4.57. The fourth-order valence-electron chi connectivity index (χ4n) is 1.77. The number of rotatable bonds is 4. The molecule has 5 heteroatoms. The van der Waals surface area contributed by atoms with Gasteiger partial charge in [0.15, 0.2) is 0 Å². The van der Waals surface area contributed by atoms with E-state index in [9.17, 15) is 0 Å². The van der Waals surface area contributed by atoms with E-state index in [0.29, 0.717) is 5.46 Å². The molecule has 4 nitrogen and oxygen atoms in total. The molecule has 0 saturated carbocycles. The molecule has 1 heterocycles. The number of hydrogen-bond donors (Lipinski definition) is 2. The van der Waals surface area contributed by atoms with E-state index in [4.69, 9.17) is 18.1 Å². The SMILES string of the molecule is CC(C)(O)C(C)(C)O.[B]c1cnn(C(CC)c2ccccc2)c1. The molecule has 0 saturated heterocycles. The van der Waals surface area contributed by atoms with Gasteiger partial charge < -0.3 is 10.2 Å². The Morgan fingerprint density at radius 3 is 1.96 bits per heavy atom. The molecule has 2 radical (unpaired) electrons. The molecule has 1 unspecified atom stereocenters. The summed E-state index contributed by atoms with van der Waals surface area (Å²) in [5.74, 6) is 0. The van der Waals surface area contributed by atoms with E-state index in [1.807, 2.05) is 29.1 Å². The molecule has 0 bridgehead atoms. The van der Waals surface area contributed by atoms with E-state index in [0.717, 1.165) is 6.42 Å². The molecule has 2 N–H and O–H groups in total. The first-order valence-electron chi connectivity index (χ1n) is 7.85. The molecule has 1 atom stereocenters. The van der Waals surface area contributed by atoms with Gasteiger partial charge in [-0.15, -0.1) is 0 Å². The zero-order chi connectivity index (χ0) is 17.7. The maximum atomic E-state index is 9.10. The quantitative estimate of drug-likeness (QED) is 0.851. The van der Waals surface area contributed by atoms with Crippen molar-refractivity contribution < 1.29 is 10.2 Å². The topological polar surface area (TPSA) is 58.3 Å². The molecular formula is C18H27BN2O2. The fraction of sp³-hybridized carbons (Fsp3) is 0.500. The Morgan fingerprint density at radius 1 is 1.09 bits per heavy atom. The maximum absolute atomic E-state index is 9.10. The zero-order valence-electron chi connectivity index (χ0n) is 14.7. The summed E-state index contributed by atoms with van der Waals surface area (Å²) in [4.78, 5) is 0. The largest absolute Gasteiger partial charge is 0.387 e. The van der Waals surface area contributed by atoms with Crippen LogP contribution in [-0.2, 0) is 0 Å². The molecule has 2 rings (SSSR count). The first-order valence-corrected chi connectivity index (χ1v) is 7.85. The molecule has 0 spiro atoms. The smallest absolute Gasteiger partial charge is 0.118 e. The summed E-state index contributed by atoms with van der Waals surface area (Å²) in [6, 6.07) is 10.6. The minimum Gasteiger partial charge on any atom is -0.387 e. The second kappa shape index (κ2) is 7.80. The van der Waals surface area contributed by atoms with Crippen molar-refractivity contribution in [3.05, 3.63) is 48.3 Å². The van der Waals surface area contributed by atoms with Crippen molar-refractivity contribution in [3.8, 4) is 0 Å². The van der Waals surface area contributed by atoms with E-state index in [-0.39, 0.29) is 6.04 Å². The lowest BCUT2D eigenvalue weighted by Crippen LogP contribution is -2.44. The lowest BCUT2D eigenvalue weighted by atomic mass is 9.90. The van der Waals surface area contributed by atoms with Crippen molar-refractivity contribution in [2.24, 2.45) is 0 Å². The van der Waals surface area contributed by atoms with Crippen molar-refractivity contribution in [2.45, 2.75) is 58.3 Å². The molecule has 0 aliphatic rings. The number of nitrogens with zero attached hydrogens (tertiary/aromatic N) is 2. The summed E-state index contributed by atoms with van der Waals surface area (Å²) in [5, 5.41) is 22.5. The van der Waals surface area contributed by atoms with Gasteiger partial charge in [0.2, 0.25) is 0 Å². The highest BCUT2D eigenvalue weighted by molar-refractivity contribution is 6.31. The summed E-state index contributed by atoms with van der Waals surface area (Å²) in [7, 11) is 5.67. The highest BCUT2D eigenvalue weighted by Gasteiger charge is 2.31. The lowest BCUT2D eigenvalue weighted by molar-refractivity contribution is -0.107. The van der Waals surface area contributed by atoms with Gasteiger partial charge in [-0.2, -0.15) is 5.10 Å². The van der Waals surface area contributed by atoms with E-state index >= 15 is 0 Å². The third kappa shape index (κ3) is 5.85. The molecule has 0 amide bonds. The predicted octanol–water partition coefficient (Wildman–Crippen LogP) is 2.20. The van der Waals surface area contributed by atoms with Crippen LogP contribution in [0.4, 0.5) is 0 Å². The highest BCUT2D eigenvalue weighted by Crippen LogP contribution is 2.20. The van der Waals surface area contributed by atoms with Crippen LogP contribution in [0, 0.1) is 0 Å². The number of aliphatic hydroxyl groups is 2. The second-order valence-electron chi connectivity index (χ2n) is 6.71. The third-order valence-corrected chi connectivity index (χ3v) is 4.01. The summed E-state index contributed by atoms with van der Waals surface area (Å²) >= 11 is 0. The van der Waals surface area contributed by atoms with Gasteiger partial charge in [0, 0.05) is 12.4 Å². The molecule has 0 fully saturated rings. The average molecular weight is 314 g/mol. The van der Waals surface area contributed by atoms with Crippen LogP contribution in [0.2, 0.25) is 0 Å². The van der Waals surface area contributed by atoms with Gasteiger partial charge >= 0.3 is 0 Å². The third-order valence-electron chi connectivity index (χ3n) is 4.01. The van der Waals surface area contributed by atoms with Crippen LogP contribution in [0.3, 0.4) is 0 Å². The minimum atomic E-state index is -1.01. The van der Waals surface area contributed by atoms with E-state index in [1.165, 1.54) is 5.56 Å². The van der Waals surface area contributed by atoms with Gasteiger partial charge in [-0.3, -0.25) is 4.68 Å². The van der Waals surface area contributed by atoms with Crippen LogP contribution in [0.5, 0.6) is 0 Å². The van der Waals surface area contributed by atoms with Gasteiger partial charge in [0.05, 0.1) is 17.2 Å². The standard InChI is InChI=1S/C12H13BN2.C6H14O2/c1-2-12(10-6-4-3-5-7-10)15-9-11(13)8-14-15;1-5(2,7)6(3,4)8/h3-9,12H,2H2,1H3;7-8H,1-4H3. The van der Waals surface area contributed by atoms with Crippen molar-refractivity contribution >= 4 is 13.3 Å². The molecule has 124 valence electrons. The van der Waals surface area contributed by atoms with Gasteiger partial charge in [-0.05, 0) is 39.7 Å². The second-order valence-corrected chi connectivity index (χ2v) is 6.71. The van der Waals surface area contributed by atoms with Crippen LogP contribution < -0.4 is 5.46 Å². The molecule has 0 aliphatic heterocycles. The summed E-state index contributed by atoms with van der Waals surface area (Å²) in [6.45, 7) is 8.45. The van der Waals surface area contributed by atoms with Crippen molar-refractivity contribution in [1.82, 2.24) is 9.78 Å². The summed E-state index contributed by atoms with van der Waals surface area (Å²) < 4.78 is 1.92. The monoisotopic (exact) mass is 314 g/mol. The number of hydrogen-bond acceptors (Lipinski definition) is 3. The Balaban J connectivity index is 0.000000284. The predicted molar refractivity (Wildman–Crippen MR) is 95.1 cm³/mol. The van der Waals surface area contributed by atoms with Crippen LogP contribution in [-0.4, -0.2) is 39.0 Å². The Labute approximate surface area is 140 Å². The van der Waals surface area contributed by atoms with E-state index in [2.05, 4.69) is 24.2 Å². The zero-order valence-corrected chi connectivity index (χ0v) is 14.7. The van der Waals surface area contributed by atoms with E-state index < -0.39 is 11.2 Å². The van der Waals surface area contributed by atoms with Gasteiger partial charge in [-0.1, -0.05) is 42.7 Å². The van der Waals surface area contributed by atoms with Crippen molar-refractivity contribution in [1.29, 1.82) is 0 Å². The highest BCUT2D eigenvalue weighted by atomic mass is 16.3. The summed E-state index contributed by atoms with van der Waals surface area (Å²) in [5.41, 5.74) is -0.0347. The Hall–Kier alpha value is -1.59. The molecular weight excluding hydrogens is 287 g/mol. The first kappa shape index (κ1) is 19.5. The Kier molecular flexibility index (Phi) is 6.60. The van der Waals surface area contributed by atoms with E-state index in [1.54, 1.807) is 33.9 Å². The van der Waals surface area contributed by atoms with Crippen LogP contribution in [0.1, 0.15) is 52.6 Å². The van der Waals surface area contributed by atoms with Crippen LogP contribution >= 0.6 is 0 Å².